The van der Waals surface area contributed by atoms with Crippen LogP contribution < -0.4 is 5.32 Å². The quantitative estimate of drug-likeness (QED) is 0.917. The first kappa shape index (κ1) is 14.1. The molecule has 0 saturated heterocycles. The zero-order valence-electron chi connectivity index (χ0n) is 9.74. The molecule has 0 aromatic carbocycles. The molecule has 2 aromatic heterocycles. The molecule has 0 atom stereocenters. The van der Waals surface area contributed by atoms with E-state index in [2.05, 4.69) is 15.3 Å². The molecular weight excluding hydrogens is 293 g/mol. The zero-order valence-corrected chi connectivity index (χ0v) is 10.5. The molecule has 0 aliphatic carbocycles. The number of halogens is 4. The second-order valence-electron chi connectivity index (χ2n) is 3.69. The largest absolute Gasteiger partial charge is 0.433 e. The van der Waals surface area contributed by atoms with E-state index in [4.69, 9.17) is 16.9 Å². The van der Waals surface area contributed by atoms with E-state index < -0.39 is 11.9 Å². The molecule has 0 aliphatic heterocycles. The molecule has 0 unspecified atom stereocenters. The minimum absolute atomic E-state index is 0.0925. The van der Waals surface area contributed by atoms with E-state index in [0.29, 0.717) is 0 Å². The Kier molecular flexibility index (Phi) is 3.77. The van der Waals surface area contributed by atoms with Crippen LogP contribution in [0.4, 0.5) is 24.7 Å². The van der Waals surface area contributed by atoms with Crippen molar-refractivity contribution in [3.8, 4) is 6.07 Å². The molecular formula is C12H6ClF3N4. The maximum atomic E-state index is 12.4. The van der Waals surface area contributed by atoms with Gasteiger partial charge in [-0.25, -0.2) is 9.97 Å². The van der Waals surface area contributed by atoms with Gasteiger partial charge in [0.1, 0.15) is 16.8 Å². The topological polar surface area (TPSA) is 61.6 Å². The number of nitrogens with one attached hydrogen (secondary N) is 1. The Balaban J connectivity index is 2.26. The van der Waals surface area contributed by atoms with Crippen molar-refractivity contribution in [3.63, 3.8) is 0 Å². The van der Waals surface area contributed by atoms with E-state index in [1.165, 1.54) is 18.3 Å². The van der Waals surface area contributed by atoms with Gasteiger partial charge in [-0.05, 0) is 18.2 Å². The predicted octanol–water partition coefficient (Wildman–Crippen LogP) is 3.76. The van der Waals surface area contributed by atoms with E-state index in [0.717, 1.165) is 12.3 Å². The molecule has 0 amide bonds. The van der Waals surface area contributed by atoms with Crippen LogP contribution in [0.2, 0.25) is 5.02 Å². The third-order valence-corrected chi connectivity index (χ3v) is 2.71. The Morgan fingerprint density at radius 2 is 1.95 bits per heavy atom. The highest BCUT2D eigenvalue weighted by Gasteiger charge is 2.32. The fourth-order valence-electron chi connectivity index (χ4n) is 1.39. The van der Waals surface area contributed by atoms with Gasteiger partial charge in [0.2, 0.25) is 0 Å². The third-order valence-electron chi connectivity index (χ3n) is 2.33. The number of hydrogen-bond acceptors (Lipinski definition) is 4. The standard InChI is InChI=1S/C12H6ClF3N4/c13-10-7(5-17)3-4-18-11(10)20-8-1-2-9(19-6-8)12(14,15)16/h1-4,6H,(H,18,20). The van der Waals surface area contributed by atoms with Crippen LogP contribution in [0.15, 0.2) is 30.6 Å². The van der Waals surface area contributed by atoms with Crippen molar-refractivity contribution in [2.24, 2.45) is 0 Å². The molecule has 8 heteroatoms. The minimum atomic E-state index is -4.49. The van der Waals surface area contributed by atoms with Crippen molar-refractivity contribution in [2.75, 3.05) is 5.32 Å². The molecule has 2 rings (SSSR count). The van der Waals surface area contributed by atoms with Gasteiger partial charge in [0.15, 0.2) is 5.82 Å². The van der Waals surface area contributed by atoms with E-state index >= 15 is 0 Å². The van der Waals surface area contributed by atoms with Crippen LogP contribution in [0.1, 0.15) is 11.3 Å². The second kappa shape index (κ2) is 5.35. The first-order chi connectivity index (χ1) is 9.41. The molecule has 102 valence electrons. The molecule has 2 heterocycles. The summed E-state index contributed by atoms with van der Waals surface area (Å²) >= 11 is 5.91. The van der Waals surface area contributed by atoms with E-state index in [9.17, 15) is 13.2 Å². The van der Waals surface area contributed by atoms with Crippen molar-refractivity contribution in [3.05, 3.63) is 46.9 Å². The van der Waals surface area contributed by atoms with Gasteiger partial charge >= 0.3 is 6.18 Å². The average molecular weight is 299 g/mol. The zero-order chi connectivity index (χ0) is 14.8. The number of nitrogens with zero attached hydrogens (tertiary/aromatic N) is 3. The Morgan fingerprint density at radius 3 is 2.50 bits per heavy atom. The summed E-state index contributed by atoms with van der Waals surface area (Å²) in [5, 5.41) is 11.6. The van der Waals surface area contributed by atoms with Gasteiger partial charge in [0.05, 0.1) is 17.4 Å². The molecule has 2 aromatic rings. The van der Waals surface area contributed by atoms with Gasteiger partial charge < -0.3 is 5.32 Å². The third kappa shape index (κ3) is 2.97. The van der Waals surface area contributed by atoms with Crippen LogP contribution >= 0.6 is 11.6 Å². The number of aromatic nitrogens is 2. The lowest BCUT2D eigenvalue weighted by Gasteiger charge is -2.09. The normalized spacial score (nSPS) is 10.9. The predicted molar refractivity (Wildman–Crippen MR) is 66.5 cm³/mol. The summed E-state index contributed by atoms with van der Waals surface area (Å²) in [6, 6.07) is 5.34. The highest BCUT2D eigenvalue weighted by Crippen LogP contribution is 2.29. The maximum Gasteiger partial charge on any atom is 0.433 e. The molecule has 0 fully saturated rings. The van der Waals surface area contributed by atoms with Crippen molar-refractivity contribution in [2.45, 2.75) is 6.18 Å². The molecule has 20 heavy (non-hydrogen) atoms. The van der Waals surface area contributed by atoms with Crippen LogP contribution in [0.25, 0.3) is 0 Å². The van der Waals surface area contributed by atoms with Crippen molar-refractivity contribution in [1.29, 1.82) is 5.26 Å². The van der Waals surface area contributed by atoms with Crippen molar-refractivity contribution in [1.82, 2.24) is 9.97 Å². The molecule has 0 aliphatic rings. The van der Waals surface area contributed by atoms with Crippen LogP contribution in [-0.2, 0) is 6.18 Å². The van der Waals surface area contributed by atoms with Crippen LogP contribution in [0, 0.1) is 11.3 Å². The van der Waals surface area contributed by atoms with Gasteiger partial charge in [-0.1, -0.05) is 11.6 Å². The number of rotatable bonds is 2. The average Bonchev–Trinajstić information content (AvgIpc) is 2.41. The molecule has 0 spiro atoms. The number of anilines is 2. The number of nitriles is 1. The Hall–Kier alpha value is -2.33. The summed E-state index contributed by atoms with van der Waals surface area (Å²) in [6.45, 7) is 0. The molecule has 0 saturated carbocycles. The second-order valence-corrected chi connectivity index (χ2v) is 4.07. The monoisotopic (exact) mass is 298 g/mol. The van der Waals surface area contributed by atoms with Crippen LogP contribution in [0.5, 0.6) is 0 Å². The minimum Gasteiger partial charge on any atom is -0.338 e. The lowest BCUT2D eigenvalue weighted by molar-refractivity contribution is -0.141. The van der Waals surface area contributed by atoms with Gasteiger partial charge in [0, 0.05) is 6.20 Å². The van der Waals surface area contributed by atoms with Gasteiger partial charge in [-0.15, -0.1) is 0 Å². The lowest BCUT2D eigenvalue weighted by atomic mass is 10.2. The Labute approximate surface area is 116 Å². The summed E-state index contributed by atoms with van der Waals surface area (Å²) in [5.41, 5.74) is -0.501. The van der Waals surface area contributed by atoms with Gasteiger partial charge in [-0.2, -0.15) is 18.4 Å². The van der Waals surface area contributed by atoms with E-state index in [1.54, 1.807) is 0 Å². The Bertz CT molecular complexity index is 662. The fraction of sp³-hybridized carbons (Fsp3) is 0.0833. The summed E-state index contributed by atoms with van der Waals surface area (Å²) in [7, 11) is 0. The fourth-order valence-corrected chi connectivity index (χ4v) is 1.59. The molecule has 0 bridgehead atoms. The smallest absolute Gasteiger partial charge is 0.338 e. The highest BCUT2D eigenvalue weighted by molar-refractivity contribution is 6.34. The summed E-state index contributed by atoms with van der Waals surface area (Å²) in [4.78, 5) is 7.20. The lowest BCUT2D eigenvalue weighted by Crippen LogP contribution is -2.07. The van der Waals surface area contributed by atoms with E-state index in [1.807, 2.05) is 6.07 Å². The molecule has 1 N–H and O–H groups in total. The first-order valence-electron chi connectivity index (χ1n) is 5.26. The SMILES string of the molecule is N#Cc1ccnc(Nc2ccc(C(F)(F)F)nc2)c1Cl. The van der Waals surface area contributed by atoms with Crippen molar-refractivity contribution >= 4 is 23.1 Å². The molecule has 4 nitrogen and oxygen atoms in total. The van der Waals surface area contributed by atoms with Crippen LogP contribution in [0.3, 0.4) is 0 Å². The summed E-state index contributed by atoms with van der Waals surface area (Å²) in [6.07, 6.45) is -2.11. The number of alkyl halides is 3. The van der Waals surface area contributed by atoms with Crippen molar-refractivity contribution < 1.29 is 13.2 Å². The first-order valence-corrected chi connectivity index (χ1v) is 5.64. The van der Waals surface area contributed by atoms with Gasteiger partial charge in [0.25, 0.3) is 0 Å². The maximum absolute atomic E-state index is 12.4. The van der Waals surface area contributed by atoms with Crippen LogP contribution in [-0.4, -0.2) is 9.97 Å². The number of hydrogen-bond donors (Lipinski definition) is 1. The number of pyridine rings is 2. The highest BCUT2D eigenvalue weighted by atomic mass is 35.5. The van der Waals surface area contributed by atoms with Gasteiger partial charge in [-0.3, -0.25) is 0 Å². The van der Waals surface area contributed by atoms with E-state index in [-0.39, 0.29) is 22.1 Å². The molecule has 0 radical (unpaired) electrons. The summed E-state index contributed by atoms with van der Waals surface area (Å²) in [5.74, 6) is 0.173. The summed E-state index contributed by atoms with van der Waals surface area (Å²) < 4.78 is 37.1. The Morgan fingerprint density at radius 1 is 1.20 bits per heavy atom.